The summed E-state index contributed by atoms with van der Waals surface area (Å²) in [6.07, 6.45) is 9.37. The van der Waals surface area contributed by atoms with Crippen molar-refractivity contribution >= 4 is 5.78 Å². The van der Waals surface area contributed by atoms with Gasteiger partial charge in [0.25, 0.3) is 0 Å². The van der Waals surface area contributed by atoms with Crippen LogP contribution in [0.3, 0.4) is 0 Å². The van der Waals surface area contributed by atoms with E-state index in [2.05, 4.69) is 48.1 Å². The molecule has 0 saturated heterocycles. The van der Waals surface area contributed by atoms with Crippen LogP contribution in [0.15, 0.2) is 12.2 Å². The van der Waals surface area contributed by atoms with Crippen molar-refractivity contribution in [1.29, 1.82) is 0 Å². The van der Waals surface area contributed by atoms with E-state index in [1.807, 2.05) is 0 Å². The molecule has 0 aromatic heterocycles. The number of aliphatic hydroxyl groups is 2. The van der Waals surface area contributed by atoms with Crippen LogP contribution < -0.4 is 0 Å². The van der Waals surface area contributed by atoms with Crippen LogP contribution in [-0.2, 0) is 4.79 Å². The van der Waals surface area contributed by atoms with Gasteiger partial charge in [-0.2, -0.15) is 0 Å². The number of ketones is 1. The van der Waals surface area contributed by atoms with E-state index in [4.69, 9.17) is 0 Å². The zero-order valence-corrected chi connectivity index (χ0v) is 22.0. The Morgan fingerprint density at radius 3 is 2.21 bits per heavy atom. The van der Waals surface area contributed by atoms with Crippen molar-refractivity contribution in [2.75, 3.05) is 0 Å². The first-order valence-electron chi connectivity index (χ1n) is 13.8. The van der Waals surface area contributed by atoms with Crippen LogP contribution in [0.5, 0.6) is 0 Å². The van der Waals surface area contributed by atoms with Gasteiger partial charge in [0, 0.05) is 17.3 Å². The van der Waals surface area contributed by atoms with E-state index >= 15 is 0 Å². The van der Waals surface area contributed by atoms with E-state index < -0.39 is 6.29 Å². The first kappa shape index (κ1) is 24.0. The van der Waals surface area contributed by atoms with Gasteiger partial charge in [-0.25, -0.2) is 0 Å². The summed E-state index contributed by atoms with van der Waals surface area (Å²) in [5.41, 5.74) is 1.36. The first-order valence-corrected chi connectivity index (χ1v) is 13.8. The van der Waals surface area contributed by atoms with E-state index in [9.17, 15) is 15.0 Å². The van der Waals surface area contributed by atoms with E-state index in [0.29, 0.717) is 35.4 Å². The Bertz CT molecular complexity index is 859. The predicted octanol–water partition coefficient (Wildman–Crippen LogP) is 6.52. The van der Waals surface area contributed by atoms with Gasteiger partial charge in [-0.05, 0) is 111 Å². The van der Waals surface area contributed by atoms with Gasteiger partial charge in [-0.3, -0.25) is 4.79 Å². The van der Waals surface area contributed by atoms with Gasteiger partial charge >= 0.3 is 0 Å². The Kier molecular flexibility index (Phi) is 5.24. The molecule has 3 unspecified atom stereocenters. The van der Waals surface area contributed by atoms with Gasteiger partial charge in [0.2, 0.25) is 0 Å². The van der Waals surface area contributed by atoms with E-state index in [1.54, 1.807) is 0 Å². The molecule has 9 atom stereocenters. The highest BCUT2D eigenvalue weighted by Gasteiger charge is 2.71. The maximum Gasteiger partial charge on any atom is 0.157 e. The second kappa shape index (κ2) is 7.19. The number of Topliss-reactive ketones (excluding diaryl/α,β-unsaturated/α-hetero) is 1. The largest absolute Gasteiger partial charge is 0.368 e. The molecule has 3 nitrogen and oxygen atoms in total. The maximum absolute atomic E-state index is 12.9. The number of rotatable bonds is 2. The van der Waals surface area contributed by atoms with Crippen LogP contribution in [0.25, 0.3) is 0 Å². The lowest BCUT2D eigenvalue weighted by atomic mass is 9.32. The number of aliphatic hydroxyl groups excluding tert-OH is 1. The normalized spacial score (nSPS) is 53.1. The minimum atomic E-state index is -1.22. The summed E-state index contributed by atoms with van der Waals surface area (Å²) in [5, 5.41) is 21.4. The van der Waals surface area contributed by atoms with Crippen molar-refractivity contribution in [2.45, 2.75) is 112 Å². The Hall–Kier alpha value is -0.670. The predicted molar refractivity (Wildman–Crippen MR) is 132 cm³/mol. The topological polar surface area (TPSA) is 57.5 Å². The highest BCUT2D eigenvalue weighted by molar-refractivity contribution is 5.85. The summed E-state index contributed by atoms with van der Waals surface area (Å²) in [7, 11) is 0. The molecule has 0 amide bonds. The lowest BCUT2D eigenvalue weighted by Crippen LogP contribution is -2.67. The van der Waals surface area contributed by atoms with Crippen LogP contribution in [0.4, 0.5) is 0 Å². The molecule has 2 N–H and O–H groups in total. The van der Waals surface area contributed by atoms with Gasteiger partial charge in [-0.15, -0.1) is 0 Å². The smallest absolute Gasteiger partial charge is 0.157 e. The molecule has 0 radical (unpaired) electrons. The number of carbonyl (C=O) groups is 1. The summed E-state index contributed by atoms with van der Waals surface area (Å²) in [4.78, 5) is 12.9. The number of allylic oxidation sites excluding steroid dienone is 1. The van der Waals surface area contributed by atoms with Gasteiger partial charge in [0.05, 0.1) is 0 Å². The molecule has 5 saturated carbocycles. The zero-order chi connectivity index (χ0) is 24.2. The summed E-state index contributed by atoms with van der Waals surface area (Å²) in [6, 6.07) is 0. The average Bonchev–Trinajstić information content (AvgIpc) is 3.13. The molecule has 5 aliphatic rings. The van der Waals surface area contributed by atoms with Gasteiger partial charge in [-0.1, -0.05) is 46.8 Å². The quantitative estimate of drug-likeness (QED) is 0.367. The fraction of sp³-hybridized carbons (Fsp3) is 0.900. The zero-order valence-electron chi connectivity index (χ0n) is 22.0. The number of hydrogen-bond donors (Lipinski definition) is 2. The third-order valence-corrected chi connectivity index (χ3v) is 13.4. The molecular formula is C30H48O3. The Balaban J connectivity index is 1.56. The molecule has 0 bridgehead atoms. The number of carbonyl (C=O) groups excluding carboxylic acids is 1. The maximum atomic E-state index is 12.9. The molecule has 33 heavy (non-hydrogen) atoms. The van der Waals surface area contributed by atoms with Crippen molar-refractivity contribution in [3.63, 3.8) is 0 Å². The second-order valence-corrected chi connectivity index (χ2v) is 14.4. The van der Waals surface area contributed by atoms with Crippen LogP contribution in [-0.4, -0.2) is 22.3 Å². The monoisotopic (exact) mass is 456 g/mol. The highest BCUT2D eigenvalue weighted by Crippen LogP contribution is 2.77. The summed E-state index contributed by atoms with van der Waals surface area (Å²) >= 11 is 0. The molecule has 0 spiro atoms. The van der Waals surface area contributed by atoms with Crippen molar-refractivity contribution < 1.29 is 15.0 Å². The Morgan fingerprint density at radius 1 is 0.879 bits per heavy atom. The minimum absolute atomic E-state index is 0.203. The van der Waals surface area contributed by atoms with Crippen LogP contribution in [0, 0.1) is 56.7 Å². The second-order valence-electron chi connectivity index (χ2n) is 14.4. The molecule has 5 aliphatic carbocycles. The van der Waals surface area contributed by atoms with Crippen LogP contribution in [0.1, 0.15) is 106 Å². The third-order valence-electron chi connectivity index (χ3n) is 13.4. The number of hydrogen-bond acceptors (Lipinski definition) is 3. The lowest BCUT2D eigenvalue weighted by molar-refractivity contribution is -0.258. The molecule has 0 aromatic rings. The molecule has 0 aromatic carbocycles. The van der Waals surface area contributed by atoms with Gasteiger partial charge < -0.3 is 10.2 Å². The lowest BCUT2D eigenvalue weighted by Gasteiger charge is -2.72. The van der Waals surface area contributed by atoms with E-state index in [0.717, 1.165) is 44.9 Å². The highest BCUT2D eigenvalue weighted by atomic mass is 16.5. The van der Waals surface area contributed by atoms with Gasteiger partial charge in [0.15, 0.2) is 6.29 Å². The molecule has 0 heterocycles. The SMILES string of the molecule is C=C(C)C1CCC2(C(O)O)CC[C@]3(C)[C@H](CC[C@@H]4[C@@]5(C)CCC(=O)C(C)(C)[C@@H]5CC[C@]43C)C12. The summed E-state index contributed by atoms with van der Waals surface area (Å²) in [6.45, 7) is 18.7. The van der Waals surface area contributed by atoms with Crippen LogP contribution in [0.2, 0.25) is 0 Å². The molecule has 5 rings (SSSR count). The molecule has 3 heteroatoms. The first-order chi connectivity index (χ1) is 15.3. The standard InChI is InChI=1S/C30H48O3/c1-18(2)19-10-15-30(25(32)33)17-16-28(6)20(24(19)30)8-9-22-27(5)13-12-23(31)26(3,4)21(27)11-14-29(22,28)7/h19-22,24-25,32-33H,1,8-17H2,2-7H3/t19?,20-,21+,22-,24?,27+,28-,29-,30?/m1/s1. The number of fused-ring (bicyclic) bond motifs is 7. The minimum Gasteiger partial charge on any atom is -0.368 e. The summed E-state index contributed by atoms with van der Waals surface area (Å²) in [5.74, 6) is 2.88. The van der Waals surface area contributed by atoms with Crippen molar-refractivity contribution in [3.05, 3.63) is 12.2 Å². The summed E-state index contributed by atoms with van der Waals surface area (Å²) < 4.78 is 0. The van der Waals surface area contributed by atoms with E-state index in [-0.39, 0.29) is 27.1 Å². The van der Waals surface area contributed by atoms with Crippen molar-refractivity contribution in [2.24, 2.45) is 56.7 Å². The fourth-order valence-electron chi connectivity index (χ4n) is 11.4. The van der Waals surface area contributed by atoms with Crippen molar-refractivity contribution in [1.82, 2.24) is 0 Å². The molecule has 0 aliphatic heterocycles. The molecular weight excluding hydrogens is 408 g/mol. The van der Waals surface area contributed by atoms with E-state index in [1.165, 1.54) is 24.8 Å². The Morgan fingerprint density at radius 2 is 1.58 bits per heavy atom. The third kappa shape index (κ3) is 2.79. The average molecular weight is 457 g/mol. The Labute approximate surface area is 201 Å². The van der Waals surface area contributed by atoms with Crippen LogP contribution >= 0.6 is 0 Å². The molecule has 5 fully saturated rings. The van der Waals surface area contributed by atoms with Crippen molar-refractivity contribution in [3.8, 4) is 0 Å². The fourth-order valence-corrected chi connectivity index (χ4v) is 11.4. The van der Waals surface area contributed by atoms with Gasteiger partial charge in [0.1, 0.15) is 5.78 Å². The molecule has 186 valence electrons.